The molecule has 0 aliphatic heterocycles. The standard InChI is InChI=1S/C5H10S/c1-4-5(2)6-3/h3-4H2,1-2H3. The molecule has 0 amide bonds. The monoisotopic (exact) mass is 102 g/mol. The first-order chi connectivity index (χ1) is 2.81. The van der Waals surface area contributed by atoms with Crippen LogP contribution in [0.15, 0.2) is 0 Å². The smallest absolute Gasteiger partial charge is 0.0218 e. The largest absolute Gasteiger partial charge is 0.162 e. The Labute approximate surface area is 42.7 Å². The fraction of sp³-hybridized carbons (Fsp3) is 0.600. The highest BCUT2D eigenvalue weighted by Crippen LogP contribution is 1.81. The molecule has 0 nitrogen and oxygen atoms in total. The number of hydrogen-bond donors (Lipinski definition) is 0. The Morgan fingerprint density at radius 1 is 1.83 bits per heavy atom. The molecule has 0 saturated carbocycles. The van der Waals surface area contributed by atoms with E-state index in [1.54, 1.807) is 10.9 Å². The highest BCUT2D eigenvalue weighted by atomic mass is 32.1. The lowest BCUT2D eigenvalue weighted by Gasteiger charge is -1.80. The highest BCUT2D eigenvalue weighted by molar-refractivity contribution is 7.96. The molecule has 0 rings (SSSR count). The highest BCUT2D eigenvalue weighted by Gasteiger charge is 1.72. The molecule has 0 atom stereocenters. The van der Waals surface area contributed by atoms with E-state index in [9.17, 15) is 0 Å². The van der Waals surface area contributed by atoms with Gasteiger partial charge < -0.3 is 0 Å². The molecule has 0 fully saturated rings. The van der Waals surface area contributed by atoms with E-state index < -0.39 is 0 Å². The third-order valence-corrected chi connectivity index (χ3v) is 1.53. The van der Waals surface area contributed by atoms with Crippen LogP contribution in [0.2, 0.25) is 0 Å². The molecule has 0 unspecified atom stereocenters. The Balaban J connectivity index is 3.52. The molecule has 0 saturated heterocycles. The van der Waals surface area contributed by atoms with E-state index in [0.29, 0.717) is 0 Å². The molecule has 0 heterocycles. The zero-order valence-corrected chi connectivity index (χ0v) is 5.14. The van der Waals surface area contributed by atoms with Gasteiger partial charge in [-0.1, -0.05) is 6.92 Å². The molecule has 36 valence electrons. The van der Waals surface area contributed by atoms with Crippen molar-refractivity contribution in [1.82, 2.24) is 0 Å². The van der Waals surface area contributed by atoms with Crippen LogP contribution in [0.3, 0.4) is 0 Å². The number of rotatable bonds is 1. The SMILES string of the molecule is C=S=C(C)CC. The molecule has 0 aliphatic carbocycles. The summed E-state index contributed by atoms with van der Waals surface area (Å²) >= 11 is 0. The zero-order valence-electron chi connectivity index (χ0n) is 4.32. The summed E-state index contributed by atoms with van der Waals surface area (Å²) in [7, 11) is 1.59. The van der Waals surface area contributed by atoms with E-state index in [1.807, 2.05) is 0 Å². The van der Waals surface area contributed by atoms with E-state index in [0.717, 1.165) is 6.42 Å². The molecule has 0 radical (unpaired) electrons. The lowest BCUT2D eigenvalue weighted by Crippen LogP contribution is -1.76. The maximum atomic E-state index is 3.64. The van der Waals surface area contributed by atoms with Gasteiger partial charge in [0.2, 0.25) is 0 Å². The van der Waals surface area contributed by atoms with Gasteiger partial charge in [-0.2, -0.15) is 10.9 Å². The van der Waals surface area contributed by atoms with Gasteiger partial charge in [-0.05, 0) is 24.1 Å². The van der Waals surface area contributed by atoms with Crippen LogP contribution in [0.4, 0.5) is 0 Å². The summed E-state index contributed by atoms with van der Waals surface area (Å²) in [4.78, 5) is 1.40. The summed E-state index contributed by atoms with van der Waals surface area (Å²) in [5.74, 6) is 3.64. The zero-order chi connectivity index (χ0) is 4.99. The van der Waals surface area contributed by atoms with E-state index in [1.165, 1.54) is 4.86 Å². The fourth-order valence-corrected chi connectivity index (χ4v) is 0.306. The molecule has 0 aromatic heterocycles. The minimum atomic E-state index is 1.15. The van der Waals surface area contributed by atoms with E-state index in [4.69, 9.17) is 0 Å². The molecule has 1 heteroatoms. The molecular formula is C5H10S. The second-order valence-electron chi connectivity index (χ2n) is 1.20. The number of hydrogen-bond acceptors (Lipinski definition) is 0. The molecule has 0 N–H and O–H groups in total. The van der Waals surface area contributed by atoms with Gasteiger partial charge in [-0.25, -0.2) is 0 Å². The summed E-state index contributed by atoms with van der Waals surface area (Å²) in [6.07, 6.45) is 1.15. The summed E-state index contributed by atoms with van der Waals surface area (Å²) < 4.78 is 0. The topological polar surface area (TPSA) is 0 Å². The van der Waals surface area contributed by atoms with Gasteiger partial charge in [0.05, 0.1) is 0 Å². The summed E-state index contributed by atoms with van der Waals surface area (Å²) in [6, 6.07) is 0. The lowest BCUT2D eigenvalue weighted by molar-refractivity contribution is 1.31. The first kappa shape index (κ1) is 5.96. The van der Waals surface area contributed by atoms with E-state index >= 15 is 0 Å². The third kappa shape index (κ3) is 2.21. The Kier molecular flexibility index (Phi) is 3.14. The second kappa shape index (κ2) is 3.16. The van der Waals surface area contributed by atoms with E-state index in [-0.39, 0.29) is 0 Å². The first-order valence-corrected chi connectivity index (χ1v) is 3.04. The van der Waals surface area contributed by atoms with Crippen LogP contribution in [-0.2, 0) is 0 Å². The molecule has 0 aliphatic rings. The Morgan fingerprint density at radius 3 is 2.33 bits per heavy atom. The maximum absolute atomic E-state index is 3.64. The van der Waals surface area contributed by atoms with Crippen molar-refractivity contribution < 1.29 is 0 Å². The second-order valence-corrected chi connectivity index (χ2v) is 2.19. The fourth-order valence-electron chi connectivity index (χ4n) is 0.102. The average Bonchev–Trinajstić information content (AvgIpc) is 1.65. The predicted octanol–water partition coefficient (Wildman–Crippen LogP) is 1.75. The van der Waals surface area contributed by atoms with Gasteiger partial charge in [0.25, 0.3) is 0 Å². The summed E-state index contributed by atoms with van der Waals surface area (Å²) in [6.45, 7) is 4.23. The molecule has 0 aromatic carbocycles. The normalized spacial score (nSPS) is 7.67. The van der Waals surface area contributed by atoms with Crippen molar-refractivity contribution >= 4 is 21.7 Å². The van der Waals surface area contributed by atoms with Crippen molar-refractivity contribution in [2.75, 3.05) is 0 Å². The molecule has 0 aromatic rings. The molecular weight excluding hydrogens is 92.1 g/mol. The third-order valence-electron chi connectivity index (χ3n) is 0.744. The Morgan fingerprint density at radius 2 is 2.33 bits per heavy atom. The van der Waals surface area contributed by atoms with Crippen molar-refractivity contribution in [3.05, 3.63) is 0 Å². The van der Waals surface area contributed by atoms with E-state index in [2.05, 4.69) is 19.7 Å². The van der Waals surface area contributed by atoms with Crippen molar-refractivity contribution in [1.29, 1.82) is 0 Å². The van der Waals surface area contributed by atoms with Crippen molar-refractivity contribution in [2.24, 2.45) is 0 Å². The van der Waals surface area contributed by atoms with Gasteiger partial charge in [0, 0.05) is 0 Å². The van der Waals surface area contributed by atoms with Crippen LogP contribution in [0.5, 0.6) is 0 Å². The Hall–Kier alpha value is -0.0400. The minimum absolute atomic E-state index is 1.15. The maximum Gasteiger partial charge on any atom is -0.0218 e. The van der Waals surface area contributed by atoms with Crippen LogP contribution in [0.25, 0.3) is 0 Å². The predicted molar refractivity (Wildman–Crippen MR) is 35.7 cm³/mol. The molecule has 0 spiro atoms. The van der Waals surface area contributed by atoms with Gasteiger partial charge in [-0.3, -0.25) is 0 Å². The quantitative estimate of drug-likeness (QED) is 0.442. The van der Waals surface area contributed by atoms with Crippen LogP contribution in [0, 0.1) is 0 Å². The van der Waals surface area contributed by atoms with Crippen molar-refractivity contribution in [2.45, 2.75) is 20.3 Å². The Bertz CT molecular complexity index is 77.9. The molecule has 6 heavy (non-hydrogen) atoms. The van der Waals surface area contributed by atoms with Gasteiger partial charge in [0.15, 0.2) is 0 Å². The summed E-state index contributed by atoms with van der Waals surface area (Å²) in [5.41, 5.74) is 0. The van der Waals surface area contributed by atoms with Crippen molar-refractivity contribution in [3.63, 3.8) is 0 Å². The van der Waals surface area contributed by atoms with Gasteiger partial charge in [0.1, 0.15) is 0 Å². The minimum Gasteiger partial charge on any atom is -0.162 e. The van der Waals surface area contributed by atoms with Gasteiger partial charge >= 0.3 is 0 Å². The van der Waals surface area contributed by atoms with Crippen LogP contribution >= 0.6 is 10.9 Å². The van der Waals surface area contributed by atoms with Gasteiger partial charge in [-0.15, -0.1) is 0 Å². The molecule has 0 bridgehead atoms. The van der Waals surface area contributed by atoms with Crippen LogP contribution < -0.4 is 0 Å². The lowest BCUT2D eigenvalue weighted by atomic mass is 10.4. The van der Waals surface area contributed by atoms with Crippen LogP contribution in [0.1, 0.15) is 20.3 Å². The summed E-state index contributed by atoms with van der Waals surface area (Å²) in [5, 5.41) is 0. The van der Waals surface area contributed by atoms with Crippen LogP contribution in [-0.4, -0.2) is 10.7 Å². The van der Waals surface area contributed by atoms with Crippen molar-refractivity contribution in [3.8, 4) is 0 Å². The average molecular weight is 102 g/mol. The first-order valence-electron chi connectivity index (χ1n) is 2.05.